The summed E-state index contributed by atoms with van der Waals surface area (Å²) in [7, 11) is 4.45. The zero-order valence-corrected chi connectivity index (χ0v) is 19.7. The fraction of sp³-hybridized carbons (Fsp3) is 0.174. The van der Waals surface area contributed by atoms with Crippen molar-refractivity contribution in [1.29, 1.82) is 0 Å². The molecule has 0 fully saturated rings. The number of hydrogen-bond donors (Lipinski definition) is 0. The lowest BCUT2D eigenvalue weighted by atomic mass is 10.1. The Morgan fingerprint density at radius 1 is 0.970 bits per heavy atom. The Labute approximate surface area is 200 Å². The van der Waals surface area contributed by atoms with Gasteiger partial charge in [-0.2, -0.15) is 9.46 Å². The van der Waals surface area contributed by atoms with Crippen molar-refractivity contribution in [3.05, 3.63) is 80.9 Å². The number of hydrogen-bond acceptors (Lipinski definition) is 6. The standard InChI is InChI=1S/C23H20Cl2N2O6/c1-13-22(27(30)18-12-15(24)8-9-17(18)26(13)29)19(28)7-5-6-16(25)14-10-20(31-2)23(33-4)21(11-14)32-3/h5-12H,1-4H3/b7-5+,16-6-. The number of benzene rings is 2. The molecule has 0 aliphatic heterocycles. The molecule has 33 heavy (non-hydrogen) atoms. The zero-order chi connectivity index (χ0) is 24.3. The summed E-state index contributed by atoms with van der Waals surface area (Å²) in [5.41, 5.74) is 0.308. The van der Waals surface area contributed by atoms with Crippen LogP contribution in [0.25, 0.3) is 16.1 Å². The Hall–Kier alpha value is -3.49. The first-order valence-corrected chi connectivity index (χ1v) is 10.3. The van der Waals surface area contributed by atoms with Crippen molar-refractivity contribution in [2.45, 2.75) is 6.92 Å². The van der Waals surface area contributed by atoms with Crippen LogP contribution in [0.4, 0.5) is 0 Å². The molecule has 0 amide bonds. The molecule has 0 spiro atoms. The van der Waals surface area contributed by atoms with Crippen molar-refractivity contribution in [1.82, 2.24) is 0 Å². The molecule has 0 saturated heterocycles. The maximum atomic E-state index is 12.8. The first-order valence-electron chi connectivity index (χ1n) is 9.57. The third-order valence-electron chi connectivity index (χ3n) is 4.89. The summed E-state index contributed by atoms with van der Waals surface area (Å²) in [5, 5.41) is 25.9. The van der Waals surface area contributed by atoms with Crippen molar-refractivity contribution < 1.29 is 28.5 Å². The molecule has 0 atom stereocenters. The second-order valence-electron chi connectivity index (χ2n) is 6.81. The molecule has 0 unspecified atom stereocenters. The molecule has 8 nitrogen and oxygen atoms in total. The summed E-state index contributed by atoms with van der Waals surface area (Å²) in [6.07, 6.45) is 3.99. The number of allylic oxidation sites excluding steroid dienone is 3. The number of aromatic nitrogens is 2. The monoisotopic (exact) mass is 490 g/mol. The number of halogens is 2. The first kappa shape index (κ1) is 24.2. The number of nitrogens with zero attached hydrogens (tertiary/aromatic N) is 2. The highest BCUT2D eigenvalue weighted by molar-refractivity contribution is 6.49. The van der Waals surface area contributed by atoms with E-state index in [2.05, 4.69) is 0 Å². The maximum Gasteiger partial charge on any atom is 0.333 e. The Balaban J connectivity index is 1.97. The average Bonchev–Trinajstić information content (AvgIpc) is 2.81. The summed E-state index contributed by atoms with van der Waals surface area (Å²) in [6, 6.07) is 7.56. The molecule has 1 aromatic heterocycles. The predicted molar refractivity (Wildman–Crippen MR) is 125 cm³/mol. The summed E-state index contributed by atoms with van der Waals surface area (Å²) in [4.78, 5) is 12.7. The lowest BCUT2D eigenvalue weighted by Gasteiger charge is -2.13. The fourth-order valence-corrected chi connectivity index (χ4v) is 3.62. The zero-order valence-electron chi connectivity index (χ0n) is 18.2. The van der Waals surface area contributed by atoms with Crippen LogP contribution in [0.2, 0.25) is 5.02 Å². The van der Waals surface area contributed by atoms with Gasteiger partial charge < -0.3 is 24.6 Å². The van der Waals surface area contributed by atoms with Gasteiger partial charge in [0.1, 0.15) is 0 Å². The molecule has 10 heteroatoms. The minimum Gasteiger partial charge on any atom is -0.618 e. The molecule has 0 aliphatic carbocycles. The Kier molecular flexibility index (Phi) is 7.30. The first-order chi connectivity index (χ1) is 15.7. The minimum atomic E-state index is -0.667. The van der Waals surface area contributed by atoms with E-state index in [9.17, 15) is 15.2 Å². The van der Waals surface area contributed by atoms with E-state index in [-0.39, 0.29) is 32.5 Å². The summed E-state index contributed by atoms with van der Waals surface area (Å²) in [6.45, 7) is 1.40. The van der Waals surface area contributed by atoms with Gasteiger partial charge in [0.15, 0.2) is 11.5 Å². The van der Waals surface area contributed by atoms with Gasteiger partial charge in [0.05, 0.1) is 21.3 Å². The molecule has 0 N–H and O–H groups in total. The largest absolute Gasteiger partial charge is 0.618 e. The van der Waals surface area contributed by atoms with E-state index in [4.69, 9.17) is 37.4 Å². The van der Waals surface area contributed by atoms with E-state index in [1.54, 1.807) is 12.1 Å². The average molecular weight is 491 g/mol. The molecule has 0 bridgehead atoms. The van der Waals surface area contributed by atoms with Crippen molar-refractivity contribution in [2.24, 2.45) is 0 Å². The second-order valence-corrected chi connectivity index (χ2v) is 7.65. The quantitative estimate of drug-likeness (QED) is 0.162. The Bertz CT molecular complexity index is 1280. The molecule has 0 saturated carbocycles. The molecule has 3 rings (SSSR count). The van der Waals surface area contributed by atoms with Crippen molar-refractivity contribution in [2.75, 3.05) is 21.3 Å². The van der Waals surface area contributed by atoms with Crippen LogP contribution in [0.15, 0.2) is 48.6 Å². The SMILES string of the molecule is COc1cc(/C(Cl)=C/C=C/C(=O)c2c(C)[n+]([O-])c3ccc(Cl)cc3[n+]2[O-])cc(OC)c1OC. The van der Waals surface area contributed by atoms with Crippen molar-refractivity contribution >= 4 is 45.1 Å². The highest BCUT2D eigenvalue weighted by Gasteiger charge is 2.29. The molecular weight excluding hydrogens is 471 g/mol. The van der Waals surface area contributed by atoms with E-state index < -0.39 is 5.78 Å². The van der Waals surface area contributed by atoms with E-state index in [0.717, 1.165) is 6.08 Å². The van der Waals surface area contributed by atoms with Crippen LogP contribution in [0.5, 0.6) is 17.2 Å². The highest BCUT2D eigenvalue weighted by atomic mass is 35.5. The number of carbonyl (C=O) groups excluding carboxylic acids is 1. The number of ether oxygens (including phenoxy) is 3. The topological polar surface area (TPSA) is 98.6 Å². The van der Waals surface area contributed by atoms with Gasteiger partial charge in [0.2, 0.25) is 5.75 Å². The van der Waals surface area contributed by atoms with Gasteiger partial charge in [-0.05, 0) is 30.4 Å². The van der Waals surface area contributed by atoms with Crippen LogP contribution in [-0.4, -0.2) is 27.1 Å². The van der Waals surface area contributed by atoms with Crippen molar-refractivity contribution in [3.63, 3.8) is 0 Å². The normalized spacial score (nSPS) is 11.8. The molecule has 0 aliphatic rings. The van der Waals surface area contributed by atoms with Gasteiger partial charge in [-0.3, -0.25) is 4.79 Å². The Morgan fingerprint density at radius 2 is 1.61 bits per heavy atom. The summed E-state index contributed by atoms with van der Waals surface area (Å²) >= 11 is 12.3. The summed E-state index contributed by atoms with van der Waals surface area (Å²) in [5.74, 6) is 0.573. The van der Waals surface area contributed by atoms with Gasteiger partial charge in [0, 0.05) is 34.7 Å². The van der Waals surface area contributed by atoms with E-state index in [1.807, 2.05) is 0 Å². The van der Waals surface area contributed by atoms with E-state index >= 15 is 0 Å². The van der Waals surface area contributed by atoms with Gasteiger partial charge in [-0.25, -0.2) is 0 Å². The molecule has 3 aromatic rings. The number of rotatable bonds is 7. The molecule has 172 valence electrons. The smallest absolute Gasteiger partial charge is 0.333 e. The van der Waals surface area contributed by atoms with Gasteiger partial charge in [0.25, 0.3) is 22.5 Å². The fourth-order valence-electron chi connectivity index (χ4n) is 3.27. The number of methoxy groups -OCH3 is 3. The molecular formula is C23H20Cl2N2O6. The number of ketones is 1. The van der Waals surface area contributed by atoms with Crippen LogP contribution in [-0.2, 0) is 0 Å². The molecule has 1 heterocycles. The maximum absolute atomic E-state index is 12.8. The molecule has 0 radical (unpaired) electrons. The van der Waals surface area contributed by atoms with E-state index in [1.165, 1.54) is 58.6 Å². The van der Waals surface area contributed by atoms with Crippen LogP contribution < -0.4 is 23.7 Å². The third-order valence-corrected chi connectivity index (χ3v) is 5.47. The summed E-state index contributed by atoms with van der Waals surface area (Å²) < 4.78 is 16.8. The van der Waals surface area contributed by atoms with Crippen LogP contribution in [0.3, 0.4) is 0 Å². The number of carbonyl (C=O) groups is 1. The third kappa shape index (κ3) is 4.67. The lowest BCUT2D eigenvalue weighted by molar-refractivity contribution is -0.635. The predicted octanol–water partition coefficient (Wildman–Crippen LogP) is 4.11. The van der Waals surface area contributed by atoms with Crippen LogP contribution >= 0.6 is 23.2 Å². The second kappa shape index (κ2) is 9.97. The van der Waals surface area contributed by atoms with Gasteiger partial charge >= 0.3 is 5.69 Å². The minimum absolute atomic E-state index is 0.00847. The van der Waals surface area contributed by atoms with E-state index in [0.29, 0.717) is 32.3 Å². The number of fused-ring (bicyclic) bond motifs is 1. The Morgan fingerprint density at radius 3 is 2.18 bits per heavy atom. The van der Waals surface area contributed by atoms with Crippen molar-refractivity contribution in [3.8, 4) is 17.2 Å². The molecule has 2 aromatic carbocycles. The lowest BCUT2D eigenvalue weighted by Crippen LogP contribution is -2.46. The van der Waals surface area contributed by atoms with Gasteiger partial charge in [-0.15, -0.1) is 0 Å². The van der Waals surface area contributed by atoms with Crippen LogP contribution in [0, 0.1) is 17.3 Å². The van der Waals surface area contributed by atoms with Crippen LogP contribution in [0.1, 0.15) is 21.7 Å². The van der Waals surface area contributed by atoms with Gasteiger partial charge in [-0.1, -0.05) is 29.3 Å². The highest BCUT2D eigenvalue weighted by Crippen LogP contribution is 2.40.